The fourth-order valence-electron chi connectivity index (χ4n) is 2.60. The van der Waals surface area contributed by atoms with Gasteiger partial charge in [0.25, 0.3) is 7.37 Å². The lowest BCUT2D eigenvalue weighted by molar-refractivity contribution is 0.209. The molecule has 4 nitrogen and oxygen atoms in total. The molecule has 0 saturated heterocycles. The number of anilines is 1. The molecule has 2 atom stereocenters. The third-order valence-electron chi connectivity index (χ3n) is 4.40. The molecular weight excluding hydrogens is 345 g/mol. The Morgan fingerprint density at radius 2 is 1.62 bits per heavy atom. The van der Waals surface area contributed by atoms with Crippen LogP contribution in [0.4, 0.5) is 5.69 Å². The van der Waals surface area contributed by atoms with E-state index in [-0.39, 0.29) is 0 Å². The molecule has 0 saturated carbocycles. The van der Waals surface area contributed by atoms with Crippen LogP contribution in [-0.2, 0) is 9.09 Å². The fourth-order valence-corrected chi connectivity index (χ4v) is 4.68. The summed E-state index contributed by atoms with van der Waals surface area (Å²) < 4.78 is 19.6. The highest BCUT2D eigenvalue weighted by Gasteiger charge is 2.36. The van der Waals surface area contributed by atoms with Crippen molar-refractivity contribution in [1.29, 1.82) is 0 Å². The van der Waals surface area contributed by atoms with Gasteiger partial charge in [-0.1, -0.05) is 43.7 Å². The van der Waals surface area contributed by atoms with Crippen molar-refractivity contribution in [3.63, 3.8) is 0 Å². The molecule has 2 aromatic rings. The topological polar surface area (TPSA) is 49.8 Å². The molecule has 2 rings (SSSR count). The van der Waals surface area contributed by atoms with E-state index in [2.05, 4.69) is 13.8 Å². The first-order chi connectivity index (χ1) is 12.2. The SMILES string of the molecule is Cc1ccc([C@@H](O)[P@](=O)(OCCC(C)C)c2ccc(N(C)C)cc2)cc1. The van der Waals surface area contributed by atoms with Crippen molar-refractivity contribution >= 4 is 18.4 Å². The standard InChI is InChI=1S/C21H30NO3P/c1-16(2)14-15-25-26(24,20-12-10-19(11-13-20)22(4)5)21(23)18-8-6-17(3)7-9-18/h6-13,16,21,23H,14-15H2,1-5H3/t21-,26+/m0/s1. The Balaban J connectivity index is 2.37. The summed E-state index contributed by atoms with van der Waals surface area (Å²) in [5.74, 6) is -0.739. The first kappa shape index (κ1) is 20.7. The fraction of sp³-hybridized carbons (Fsp3) is 0.429. The maximum atomic E-state index is 13.8. The zero-order chi connectivity index (χ0) is 19.3. The van der Waals surface area contributed by atoms with Gasteiger partial charge in [-0.3, -0.25) is 4.57 Å². The lowest BCUT2D eigenvalue weighted by Gasteiger charge is -2.25. The highest BCUT2D eigenvalue weighted by Crippen LogP contribution is 2.57. The van der Waals surface area contributed by atoms with Crippen molar-refractivity contribution in [2.24, 2.45) is 5.92 Å². The summed E-state index contributed by atoms with van der Waals surface area (Å²) >= 11 is 0. The minimum absolute atomic E-state index is 0.354. The molecule has 0 aliphatic carbocycles. The van der Waals surface area contributed by atoms with Crippen LogP contribution < -0.4 is 10.2 Å². The van der Waals surface area contributed by atoms with Crippen LogP contribution in [0.1, 0.15) is 37.2 Å². The molecule has 26 heavy (non-hydrogen) atoms. The van der Waals surface area contributed by atoms with Gasteiger partial charge < -0.3 is 14.5 Å². The number of aliphatic hydroxyl groups is 1. The number of aryl methyl sites for hydroxylation is 1. The molecule has 0 aliphatic rings. The van der Waals surface area contributed by atoms with Gasteiger partial charge in [-0.05, 0) is 49.1 Å². The molecule has 5 heteroatoms. The molecule has 0 spiro atoms. The molecule has 142 valence electrons. The van der Waals surface area contributed by atoms with Crippen LogP contribution in [0.15, 0.2) is 48.5 Å². The van der Waals surface area contributed by atoms with Crippen molar-refractivity contribution in [1.82, 2.24) is 0 Å². The van der Waals surface area contributed by atoms with Crippen LogP contribution in [0.5, 0.6) is 0 Å². The summed E-state index contributed by atoms with van der Waals surface area (Å²) in [5, 5.41) is 11.5. The molecule has 0 unspecified atom stereocenters. The van der Waals surface area contributed by atoms with Crippen molar-refractivity contribution in [2.75, 3.05) is 25.6 Å². The van der Waals surface area contributed by atoms with Gasteiger partial charge in [-0.2, -0.15) is 0 Å². The van der Waals surface area contributed by atoms with Crippen molar-refractivity contribution < 1.29 is 14.2 Å². The number of benzene rings is 2. The summed E-state index contributed by atoms with van der Waals surface area (Å²) in [6.07, 6.45) is 0.792. The second-order valence-corrected chi connectivity index (χ2v) is 9.77. The van der Waals surface area contributed by atoms with E-state index in [1.165, 1.54) is 0 Å². The predicted molar refractivity (Wildman–Crippen MR) is 110 cm³/mol. The summed E-state index contributed by atoms with van der Waals surface area (Å²) in [5.41, 5.74) is 2.71. The van der Waals surface area contributed by atoms with Gasteiger partial charge >= 0.3 is 0 Å². The van der Waals surface area contributed by atoms with E-state index < -0.39 is 13.2 Å². The maximum absolute atomic E-state index is 13.8. The van der Waals surface area contributed by atoms with Crippen molar-refractivity contribution in [3.8, 4) is 0 Å². The molecule has 1 N–H and O–H groups in total. The molecule has 2 aromatic carbocycles. The molecular formula is C21H30NO3P. The second kappa shape index (κ2) is 8.85. The summed E-state index contributed by atoms with van der Waals surface area (Å²) in [7, 11) is 0.437. The molecule has 0 aromatic heterocycles. The van der Waals surface area contributed by atoms with Crippen LogP contribution in [0.25, 0.3) is 0 Å². The number of rotatable bonds is 8. The third-order valence-corrected chi connectivity index (χ3v) is 6.93. The quantitative estimate of drug-likeness (QED) is 0.679. The first-order valence-electron chi connectivity index (χ1n) is 9.01. The van der Waals surface area contributed by atoms with Crippen molar-refractivity contribution in [3.05, 3.63) is 59.7 Å². The van der Waals surface area contributed by atoms with Crippen LogP contribution >= 0.6 is 7.37 Å². The minimum atomic E-state index is -3.47. The molecule has 0 bridgehead atoms. The highest BCUT2D eigenvalue weighted by molar-refractivity contribution is 7.67. The molecule has 0 fully saturated rings. The molecule has 0 heterocycles. The largest absolute Gasteiger partial charge is 0.378 e. The third kappa shape index (κ3) is 4.97. The Morgan fingerprint density at radius 3 is 2.12 bits per heavy atom. The molecule has 0 radical (unpaired) electrons. The minimum Gasteiger partial charge on any atom is -0.378 e. The van der Waals surface area contributed by atoms with Crippen LogP contribution in [-0.4, -0.2) is 25.8 Å². The van der Waals surface area contributed by atoms with Gasteiger partial charge in [0.05, 0.1) is 6.61 Å². The lowest BCUT2D eigenvalue weighted by Crippen LogP contribution is -2.16. The van der Waals surface area contributed by atoms with Crippen LogP contribution in [0.3, 0.4) is 0 Å². The monoisotopic (exact) mass is 375 g/mol. The van der Waals surface area contributed by atoms with Crippen LogP contribution in [0.2, 0.25) is 0 Å². The van der Waals surface area contributed by atoms with E-state index in [1.807, 2.05) is 62.3 Å². The van der Waals surface area contributed by atoms with Gasteiger partial charge in [0.1, 0.15) is 0 Å². The van der Waals surface area contributed by atoms with Gasteiger partial charge in [0.2, 0.25) is 0 Å². The number of nitrogens with zero attached hydrogens (tertiary/aromatic N) is 1. The van der Waals surface area contributed by atoms with Crippen LogP contribution in [0, 0.1) is 12.8 Å². The Morgan fingerprint density at radius 1 is 1.04 bits per heavy atom. The second-order valence-electron chi connectivity index (χ2n) is 7.31. The zero-order valence-electron chi connectivity index (χ0n) is 16.3. The Hall–Kier alpha value is -1.61. The normalized spacial score (nSPS) is 14.9. The van der Waals surface area contributed by atoms with Crippen molar-refractivity contribution in [2.45, 2.75) is 33.0 Å². The van der Waals surface area contributed by atoms with Gasteiger partial charge in [-0.25, -0.2) is 0 Å². The van der Waals surface area contributed by atoms with Gasteiger partial charge in [0.15, 0.2) is 5.85 Å². The van der Waals surface area contributed by atoms with E-state index in [0.717, 1.165) is 17.7 Å². The Labute approximate surface area is 157 Å². The van der Waals surface area contributed by atoms with E-state index in [0.29, 0.717) is 23.4 Å². The predicted octanol–water partition coefficient (Wildman–Crippen LogP) is 4.72. The summed E-state index contributed by atoms with van der Waals surface area (Å²) in [6.45, 7) is 6.52. The van der Waals surface area contributed by atoms with E-state index in [1.54, 1.807) is 12.1 Å². The summed E-state index contributed by atoms with van der Waals surface area (Å²) in [6, 6.07) is 14.8. The van der Waals surface area contributed by atoms with E-state index >= 15 is 0 Å². The maximum Gasteiger partial charge on any atom is 0.264 e. The number of aliphatic hydroxyl groups excluding tert-OH is 1. The number of hydrogen-bond acceptors (Lipinski definition) is 4. The van der Waals surface area contributed by atoms with Gasteiger partial charge in [0, 0.05) is 25.1 Å². The zero-order valence-corrected chi connectivity index (χ0v) is 17.2. The van der Waals surface area contributed by atoms with Gasteiger partial charge in [-0.15, -0.1) is 0 Å². The highest BCUT2D eigenvalue weighted by atomic mass is 31.2. The Bertz CT molecular complexity index is 739. The van der Waals surface area contributed by atoms with E-state index in [9.17, 15) is 9.67 Å². The smallest absolute Gasteiger partial charge is 0.264 e. The average molecular weight is 375 g/mol. The molecule has 0 aliphatic heterocycles. The average Bonchev–Trinajstić information content (AvgIpc) is 2.61. The summed E-state index contributed by atoms with van der Waals surface area (Å²) in [4.78, 5) is 1.98. The molecule has 0 amide bonds. The number of hydrogen-bond donors (Lipinski definition) is 1. The Kier molecular flexibility index (Phi) is 7.05. The lowest BCUT2D eigenvalue weighted by atomic mass is 10.2. The van der Waals surface area contributed by atoms with E-state index in [4.69, 9.17) is 4.52 Å². The first-order valence-corrected chi connectivity index (χ1v) is 10.7.